The Morgan fingerprint density at radius 1 is 1.09 bits per heavy atom. The minimum atomic E-state index is -0.770. The molecule has 0 radical (unpaired) electrons. The lowest BCUT2D eigenvalue weighted by molar-refractivity contribution is -0.0215. The lowest BCUT2D eigenvalue weighted by Crippen LogP contribution is -2.65. The Bertz CT molecular complexity index is 1200. The van der Waals surface area contributed by atoms with Crippen LogP contribution in [0, 0.1) is 6.92 Å². The van der Waals surface area contributed by atoms with Gasteiger partial charge in [-0.2, -0.15) is 0 Å². The van der Waals surface area contributed by atoms with E-state index in [0.717, 1.165) is 11.3 Å². The monoisotopic (exact) mass is 464 g/mol. The summed E-state index contributed by atoms with van der Waals surface area (Å²) in [6.45, 7) is 5.07. The van der Waals surface area contributed by atoms with Crippen molar-refractivity contribution in [2.24, 2.45) is 0 Å². The predicted molar refractivity (Wildman–Crippen MR) is 124 cm³/mol. The second-order valence-electron chi connectivity index (χ2n) is 8.53. The minimum Gasteiger partial charge on any atom is -0.481 e. The summed E-state index contributed by atoms with van der Waals surface area (Å²) >= 11 is 0. The number of carbonyl (C=O) groups excluding carboxylic acids is 2. The zero-order valence-corrected chi connectivity index (χ0v) is 19.8. The molecule has 10 heteroatoms. The first-order valence-electron chi connectivity index (χ1n) is 10.9. The highest BCUT2D eigenvalue weighted by Crippen LogP contribution is 2.25. The van der Waals surface area contributed by atoms with Gasteiger partial charge in [0.1, 0.15) is 12.0 Å². The molecule has 0 saturated carbocycles. The number of rotatable bonds is 6. The van der Waals surface area contributed by atoms with Crippen LogP contribution in [0.2, 0.25) is 0 Å². The van der Waals surface area contributed by atoms with Crippen LogP contribution in [-0.2, 0) is 4.74 Å². The summed E-state index contributed by atoms with van der Waals surface area (Å²) in [5.41, 5.74) is 1.43. The molecule has 2 aromatic heterocycles. The summed E-state index contributed by atoms with van der Waals surface area (Å²) in [6.07, 6.45) is 1.53. The number of hydrogen-bond acceptors (Lipinski definition) is 7. The molecule has 0 bridgehead atoms. The fourth-order valence-corrected chi connectivity index (χ4v) is 4.21. The number of pyridine rings is 1. The fourth-order valence-electron chi connectivity index (χ4n) is 4.21. The predicted octanol–water partition coefficient (Wildman–Crippen LogP) is 1.98. The summed E-state index contributed by atoms with van der Waals surface area (Å²) in [5.74, 6) is -0.0691. The van der Waals surface area contributed by atoms with Crippen molar-refractivity contribution in [2.45, 2.75) is 19.4 Å². The Labute approximate surface area is 198 Å². The molecular weight excluding hydrogens is 436 g/mol. The van der Waals surface area contributed by atoms with Gasteiger partial charge in [-0.1, -0.05) is 18.2 Å². The molecule has 1 unspecified atom stereocenters. The molecule has 10 nitrogen and oxygen atoms in total. The van der Waals surface area contributed by atoms with E-state index in [1.54, 1.807) is 39.8 Å². The number of aryl methyl sites for hydroxylation is 1. The van der Waals surface area contributed by atoms with Gasteiger partial charge in [0.15, 0.2) is 0 Å². The number of hydrogen-bond donors (Lipinski definition) is 0. The Kier molecular flexibility index (Phi) is 6.60. The fraction of sp³-hybridized carbons (Fsp3) is 0.375. The van der Waals surface area contributed by atoms with E-state index >= 15 is 0 Å². The second-order valence-corrected chi connectivity index (χ2v) is 8.53. The maximum atomic E-state index is 13.4. The van der Waals surface area contributed by atoms with Crippen molar-refractivity contribution in [1.29, 1.82) is 0 Å². The third kappa shape index (κ3) is 4.62. The molecule has 2 amide bonds. The molecule has 0 aliphatic carbocycles. The SMILES string of the molecule is COCC1(C)CN(C(=O)c2cccc(OC)n2)CCN1C(=O)c1ncn(-c2cccc(C)c2)n1. The molecule has 3 aromatic rings. The number of amides is 2. The van der Waals surface area contributed by atoms with E-state index in [0.29, 0.717) is 19.0 Å². The van der Waals surface area contributed by atoms with Gasteiger partial charge in [-0.15, -0.1) is 5.10 Å². The van der Waals surface area contributed by atoms with Crippen LogP contribution in [-0.4, -0.2) is 87.4 Å². The van der Waals surface area contributed by atoms with Gasteiger partial charge in [-0.25, -0.2) is 14.6 Å². The molecule has 1 fully saturated rings. The van der Waals surface area contributed by atoms with Crippen molar-refractivity contribution < 1.29 is 19.1 Å². The third-order valence-electron chi connectivity index (χ3n) is 5.87. The number of nitrogens with zero attached hydrogens (tertiary/aromatic N) is 6. The van der Waals surface area contributed by atoms with E-state index < -0.39 is 5.54 Å². The summed E-state index contributed by atoms with van der Waals surface area (Å²) in [7, 11) is 3.08. The van der Waals surface area contributed by atoms with Gasteiger partial charge in [-0.05, 0) is 37.6 Å². The van der Waals surface area contributed by atoms with E-state index in [1.807, 2.05) is 38.1 Å². The van der Waals surface area contributed by atoms with Gasteiger partial charge in [-0.3, -0.25) is 9.59 Å². The minimum absolute atomic E-state index is 0.0954. The first-order chi connectivity index (χ1) is 16.3. The summed E-state index contributed by atoms with van der Waals surface area (Å²) in [5, 5.41) is 4.41. The Balaban J connectivity index is 1.55. The molecule has 1 aliphatic heterocycles. The highest BCUT2D eigenvalue weighted by atomic mass is 16.5. The average Bonchev–Trinajstić information content (AvgIpc) is 3.34. The van der Waals surface area contributed by atoms with Crippen LogP contribution in [0.25, 0.3) is 5.69 Å². The van der Waals surface area contributed by atoms with Crippen molar-refractivity contribution in [1.82, 2.24) is 29.5 Å². The number of methoxy groups -OCH3 is 2. The summed E-state index contributed by atoms with van der Waals surface area (Å²) < 4.78 is 12.2. The van der Waals surface area contributed by atoms with E-state index in [-0.39, 0.29) is 36.5 Å². The highest BCUT2D eigenvalue weighted by molar-refractivity contribution is 5.94. The number of aromatic nitrogens is 4. The smallest absolute Gasteiger partial charge is 0.294 e. The average molecular weight is 465 g/mol. The van der Waals surface area contributed by atoms with E-state index in [9.17, 15) is 9.59 Å². The van der Waals surface area contributed by atoms with E-state index in [2.05, 4.69) is 15.1 Å². The molecule has 1 aliphatic rings. The molecule has 3 heterocycles. The highest BCUT2D eigenvalue weighted by Gasteiger charge is 2.43. The molecule has 1 atom stereocenters. The molecule has 0 N–H and O–H groups in total. The first-order valence-corrected chi connectivity index (χ1v) is 10.9. The largest absolute Gasteiger partial charge is 0.481 e. The van der Waals surface area contributed by atoms with Gasteiger partial charge in [0.05, 0.1) is 24.9 Å². The van der Waals surface area contributed by atoms with E-state index in [1.165, 1.54) is 13.4 Å². The molecule has 178 valence electrons. The van der Waals surface area contributed by atoms with Gasteiger partial charge >= 0.3 is 0 Å². The van der Waals surface area contributed by atoms with Gasteiger partial charge in [0.2, 0.25) is 11.7 Å². The van der Waals surface area contributed by atoms with Crippen LogP contribution in [0.15, 0.2) is 48.8 Å². The zero-order valence-electron chi connectivity index (χ0n) is 19.8. The molecule has 0 spiro atoms. The molecule has 1 aromatic carbocycles. The second kappa shape index (κ2) is 9.60. The van der Waals surface area contributed by atoms with Crippen LogP contribution < -0.4 is 4.74 Å². The zero-order chi connectivity index (χ0) is 24.3. The topological polar surface area (TPSA) is 103 Å². The van der Waals surface area contributed by atoms with Crippen molar-refractivity contribution >= 4 is 11.8 Å². The van der Waals surface area contributed by atoms with Crippen LogP contribution in [0.1, 0.15) is 33.6 Å². The molecule has 4 rings (SSSR count). The standard InChI is InChI=1S/C24H28N6O4/c1-17-7-5-8-18(13-17)30-16-25-21(27-30)23(32)29-12-11-28(14-24(29,2)15-33-3)22(31)19-9-6-10-20(26-19)34-4/h5-10,13,16H,11-12,14-15H2,1-4H3. The first kappa shape index (κ1) is 23.4. The lowest BCUT2D eigenvalue weighted by atomic mass is 9.96. The number of piperazine rings is 1. The number of benzene rings is 1. The molecule has 34 heavy (non-hydrogen) atoms. The van der Waals surface area contributed by atoms with Crippen molar-refractivity contribution in [3.63, 3.8) is 0 Å². The van der Waals surface area contributed by atoms with Crippen LogP contribution in [0.3, 0.4) is 0 Å². The maximum Gasteiger partial charge on any atom is 0.294 e. The normalized spacial score (nSPS) is 18.1. The van der Waals surface area contributed by atoms with Crippen LogP contribution >= 0.6 is 0 Å². The number of ether oxygens (including phenoxy) is 2. The van der Waals surface area contributed by atoms with Crippen LogP contribution in [0.4, 0.5) is 0 Å². The number of carbonyl (C=O) groups is 2. The molecule has 1 saturated heterocycles. The van der Waals surface area contributed by atoms with Gasteiger partial charge in [0, 0.05) is 32.8 Å². The summed E-state index contributed by atoms with van der Waals surface area (Å²) in [4.78, 5) is 38.4. The van der Waals surface area contributed by atoms with Crippen LogP contribution in [0.5, 0.6) is 5.88 Å². The van der Waals surface area contributed by atoms with E-state index in [4.69, 9.17) is 9.47 Å². The van der Waals surface area contributed by atoms with Gasteiger partial charge < -0.3 is 19.3 Å². The Hall–Kier alpha value is -3.79. The molecular formula is C24H28N6O4. The summed E-state index contributed by atoms with van der Waals surface area (Å²) in [6, 6.07) is 12.9. The lowest BCUT2D eigenvalue weighted by Gasteiger charge is -2.48. The van der Waals surface area contributed by atoms with Crippen molar-refractivity contribution in [3.8, 4) is 11.6 Å². The Morgan fingerprint density at radius 3 is 2.62 bits per heavy atom. The Morgan fingerprint density at radius 2 is 1.88 bits per heavy atom. The quantitative estimate of drug-likeness (QED) is 0.550. The maximum absolute atomic E-state index is 13.4. The third-order valence-corrected chi connectivity index (χ3v) is 5.87. The van der Waals surface area contributed by atoms with Crippen molar-refractivity contribution in [3.05, 3.63) is 65.9 Å². The van der Waals surface area contributed by atoms with Gasteiger partial charge in [0.25, 0.3) is 11.8 Å². The van der Waals surface area contributed by atoms with Crippen molar-refractivity contribution in [2.75, 3.05) is 40.5 Å².